The third-order valence-corrected chi connectivity index (χ3v) is 3.13. The summed E-state index contributed by atoms with van der Waals surface area (Å²) in [5.74, 6) is -0.577. The molecule has 1 amide bonds. The molecule has 8 heteroatoms. The summed E-state index contributed by atoms with van der Waals surface area (Å²) in [5, 5.41) is 2.46. The Hall–Kier alpha value is -3.03. The maximum absolute atomic E-state index is 12.7. The van der Waals surface area contributed by atoms with Crippen LogP contribution in [0, 0.1) is 0 Å². The summed E-state index contributed by atoms with van der Waals surface area (Å²) in [6.07, 6.45) is -1.09. The van der Waals surface area contributed by atoms with Crippen LogP contribution in [0.3, 0.4) is 0 Å². The summed E-state index contributed by atoms with van der Waals surface area (Å²) >= 11 is 0. The number of hydrogen-bond acceptors (Lipinski definition) is 4. The molecule has 25 heavy (non-hydrogen) atoms. The summed E-state index contributed by atoms with van der Waals surface area (Å²) in [4.78, 5) is 15.0. The zero-order valence-corrected chi connectivity index (χ0v) is 13.1. The smallest absolute Gasteiger partial charge is 0.419 e. The molecule has 0 unspecified atom stereocenters. The van der Waals surface area contributed by atoms with E-state index in [4.69, 9.17) is 10.5 Å². The molecule has 5 nitrogen and oxygen atoms in total. The van der Waals surface area contributed by atoms with E-state index in [1.807, 2.05) is 30.3 Å². The lowest BCUT2D eigenvalue weighted by molar-refractivity contribution is -0.137. The lowest BCUT2D eigenvalue weighted by Crippen LogP contribution is -2.24. The second-order valence-corrected chi connectivity index (χ2v) is 5.04. The van der Waals surface area contributed by atoms with E-state index in [-0.39, 0.29) is 18.7 Å². The van der Waals surface area contributed by atoms with Crippen LogP contribution in [0.5, 0.6) is 0 Å². The molecule has 0 saturated carbocycles. The van der Waals surface area contributed by atoms with Crippen LogP contribution in [-0.2, 0) is 17.5 Å². The maximum Gasteiger partial charge on any atom is 0.419 e. The van der Waals surface area contributed by atoms with Crippen LogP contribution in [0.25, 0.3) is 6.08 Å². The van der Waals surface area contributed by atoms with Gasteiger partial charge in [0.1, 0.15) is 12.4 Å². The molecule has 1 aromatic heterocycles. The van der Waals surface area contributed by atoms with E-state index in [1.54, 1.807) is 0 Å². The number of amides is 1. The third-order valence-electron chi connectivity index (χ3n) is 3.13. The number of nitrogens with two attached hydrogens (primary N) is 1. The number of carbonyl (C=O) groups excluding carboxylic acids is 1. The second-order valence-electron chi connectivity index (χ2n) is 5.04. The molecule has 0 aliphatic carbocycles. The number of pyridine rings is 1. The minimum absolute atomic E-state index is 0.0966. The Morgan fingerprint density at radius 3 is 2.68 bits per heavy atom. The van der Waals surface area contributed by atoms with E-state index >= 15 is 0 Å². The molecule has 2 aromatic rings. The largest absolute Gasteiger partial charge is 0.445 e. The molecule has 0 spiro atoms. The van der Waals surface area contributed by atoms with Gasteiger partial charge in [0.05, 0.1) is 5.56 Å². The summed E-state index contributed by atoms with van der Waals surface area (Å²) < 4.78 is 43.2. The molecule has 1 heterocycles. The minimum Gasteiger partial charge on any atom is -0.445 e. The van der Waals surface area contributed by atoms with Gasteiger partial charge in [0.2, 0.25) is 0 Å². The zero-order valence-electron chi connectivity index (χ0n) is 13.1. The molecule has 0 radical (unpaired) electrons. The van der Waals surface area contributed by atoms with Gasteiger partial charge >= 0.3 is 12.3 Å². The van der Waals surface area contributed by atoms with E-state index in [9.17, 15) is 18.0 Å². The number of benzene rings is 1. The molecule has 0 aliphatic heterocycles. The van der Waals surface area contributed by atoms with Crippen LogP contribution < -0.4 is 11.1 Å². The fourth-order valence-corrected chi connectivity index (χ4v) is 1.92. The average molecular weight is 351 g/mol. The Kier molecular flexibility index (Phi) is 5.99. The Labute approximate surface area is 142 Å². The van der Waals surface area contributed by atoms with Gasteiger partial charge in [-0.05, 0) is 17.2 Å². The highest BCUT2D eigenvalue weighted by atomic mass is 19.4. The van der Waals surface area contributed by atoms with Crippen molar-refractivity contribution in [2.45, 2.75) is 12.8 Å². The van der Waals surface area contributed by atoms with E-state index in [0.29, 0.717) is 0 Å². The first-order chi connectivity index (χ1) is 11.9. The van der Waals surface area contributed by atoms with E-state index < -0.39 is 23.7 Å². The van der Waals surface area contributed by atoms with Crippen LogP contribution in [0.2, 0.25) is 0 Å². The molecule has 0 aliphatic rings. The van der Waals surface area contributed by atoms with Crippen LogP contribution in [0.15, 0.2) is 48.7 Å². The van der Waals surface area contributed by atoms with E-state index in [0.717, 1.165) is 11.6 Å². The first-order valence-electron chi connectivity index (χ1n) is 7.30. The first-order valence-corrected chi connectivity index (χ1v) is 7.30. The van der Waals surface area contributed by atoms with Crippen LogP contribution >= 0.6 is 0 Å². The normalized spacial score (nSPS) is 11.5. The number of nitrogens with one attached hydrogen (secondary N) is 1. The molecule has 0 saturated heterocycles. The topological polar surface area (TPSA) is 77.2 Å². The molecule has 132 valence electrons. The van der Waals surface area contributed by atoms with Crippen molar-refractivity contribution < 1.29 is 22.7 Å². The molecule has 0 bridgehead atoms. The van der Waals surface area contributed by atoms with Crippen molar-refractivity contribution in [2.24, 2.45) is 0 Å². The zero-order chi connectivity index (χ0) is 18.3. The number of nitrogen functional groups attached to an aromatic ring is 1. The van der Waals surface area contributed by atoms with Gasteiger partial charge in [-0.25, -0.2) is 9.78 Å². The predicted molar refractivity (Wildman–Crippen MR) is 87.3 cm³/mol. The number of hydrogen-bond donors (Lipinski definition) is 2. The van der Waals surface area contributed by atoms with Crippen molar-refractivity contribution in [3.05, 3.63) is 65.4 Å². The minimum atomic E-state index is -4.57. The highest BCUT2D eigenvalue weighted by Crippen LogP contribution is 2.33. The van der Waals surface area contributed by atoms with Crippen molar-refractivity contribution in [1.29, 1.82) is 0 Å². The molecular formula is C17H16F3N3O2. The van der Waals surface area contributed by atoms with Gasteiger partial charge in [0, 0.05) is 12.7 Å². The SMILES string of the molecule is Nc1ncc(C=CCNC(=O)OCc2ccccc2)cc1C(F)(F)F. The number of anilines is 1. The maximum atomic E-state index is 12.7. The van der Waals surface area contributed by atoms with Gasteiger partial charge in [-0.2, -0.15) is 13.2 Å². The molecule has 0 atom stereocenters. The number of ether oxygens (including phenoxy) is 1. The van der Waals surface area contributed by atoms with Crippen LogP contribution in [0.4, 0.5) is 23.8 Å². The van der Waals surface area contributed by atoms with Gasteiger partial charge in [0.25, 0.3) is 0 Å². The number of halogens is 3. The van der Waals surface area contributed by atoms with E-state index in [1.165, 1.54) is 18.3 Å². The number of nitrogens with zero attached hydrogens (tertiary/aromatic N) is 1. The summed E-state index contributed by atoms with van der Waals surface area (Å²) in [6, 6.07) is 10.0. The Morgan fingerprint density at radius 1 is 1.28 bits per heavy atom. The molecule has 1 aromatic carbocycles. The number of carbonyl (C=O) groups is 1. The van der Waals surface area contributed by atoms with Crippen molar-refractivity contribution in [2.75, 3.05) is 12.3 Å². The fraction of sp³-hybridized carbons (Fsp3) is 0.176. The van der Waals surface area contributed by atoms with E-state index in [2.05, 4.69) is 10.3 Å². The molecule has 0 fully saturated rings. The Bertz CT molecular complexity index is 747. The summed E-state index contributed by atoms with van der Waals surface area (Å²) in [7, 11) is 0. The molecule has 3 N–H and O–H groups in total. The lowest BCUT2D eigenvalue weighted by Gasteiger charge is -2.09. The fourth-order valence-electron chi connectivity index (χ4n) is 1.92. The highest BCUT2D eigenvalue weighted by Gasteiger charge is 2.33. The first kappa shape index (κ1) is 18.3. The Balaban J connectivity index is 1.82. The predicted octanol–water partition coefficient (Wildman–Crippen LogP) is 3.62. The average Bonchev–Trinajstić information content (AvgIpc) is 2.58. The highest BCUT2D eigenvalue weighted by molar-refractivity contribution is 5.67. The van der Waals surface area contributed by atoms with Gasteiger partial charge in [-0.1, -0.05) is 42.5 Å². The molecular weight excluding hydrogens is 335 g/mol. The van der Waals surface area contributed by atoms with Crippen LogP contribution in [-0.4, -0.2) is 17.6 Å². The van der Waals surface area contributed by atoms with Crippen molar-refractivity contribution in [3.63, 3.8) is 0 Å². The van der Waals surface area contributed by atoms with Crippen molar-refractivity contribution >= 4 is 18.0 Å². The molecule has 2 rings (SSSR count). The third kappa shape index (κ3) is 5.83. The van der Waals surface area contributed by atoms with Gasteiger partial charge in [-0.15, -0.1) is 0 Å². The lowest BCUT2D eigenvalue weighted by atomic mass is 10.1. The monoisotopic (exact) mass is 351 g/mol. The van der Waals surface area contributed by atoms with Crippen LogP contribution in [0.1, 0.15) is 16.7 Å². The standard InChI is InChI=1S/C17H16F3N3O2/c18-17(19,20)14-9-13(10-23-15(14)21)7-4-8-22-16(24)25-11-12-5-2-1-3-6-12/h1-7,9-10H,8,11H2,(H2,21,23)(H,22,24). The Morgan fingerprint density at radius 2 is 2.00 bits per heavy atom. The van der Waals surface area contributed by atoms with Gasteiger partial charge in [-0.3, -0.25) is 0 Å². The quantitative estimate of drug-likeness (QED) is 0.862. The number of rotatable bonds is 5. The van der Waals surface area contributed by atoms with Crippen molar-refractivity contribution in [3.8, 4) is 0 Å². The van der Waals surface area contributed by atoms with Gasteiger partial charge < -0.3 is 15.8 Å². The van der Waals surface area contributed by atoms with Gasteiger partial charge in [0.15, 0.2) is 0 Å². The summed E-state index contributed by atoms with van der Waals surface area (Å²) in [6.45, 7) is 0.229. The number of alkyl halides is 3. The summed E-state index contributed by atoms with van der Waals surface area (Å²) in [5.41, 5.74) is 5.30. The number of alkyl carbamates (subject to hydrolysis) is 1. The second kappa shape index (κ2) is 8.18. The number of aromatic nitrogens is 1. The van der Waals surface area contributed by atoms with Crippen molar-refractivity contribution in [1.82, 2.24) is 10.3 Å².